The summed E-state index contributed by atoms with van der Waals surface area (Å²) in [6, 6.07) is 6.69. The second-order valence-corrected chi connectivity index (χ2v) is 3.57. The molecule has 0 aliphatic rings. The van der Waals surface area contributed by atoms with Crippen molar-refractivity contribution in [1.29, 1.82) is 5.41 Å². The average molecular weight is 233 g/mol. The fourth-order valence-electron chi connectivity index (χ4n) is 1.33. The van der Waals surface area contributed by atoms with E-state index < -0.39 is 11.7 Å². The summed E-state index contributed by atoms with van der Waals surface area (Å²) in [6.07, 6.45) is 0.0595. The zero-order valence-electron chi connectivity index (χ0n) is 9.62. The Hall–Kier alpha value is -2.17. The highest BCUT2D eigenvalue weighted by Crippen LogP contribution is 2.05. The summed E-state index contributed by atoms with van der Waals surface area (Å²) in [6.45, 7) is 2.20. The number of benzene rings is 1. The number of rotatable bonds is 5. The van der Waals surface area contributed by atoms with Crippen molar-refractivity contribution in [3.8, 4) is 0 Å². The molecule has 1 rings (SSSR count). The standard InChI is InChI=1S/C12H15N3O2/c1-2-15-12(17)10(16)7-8-3-5-9(6-4-8)11(13)14/h3-6H,2,7H2,1H3,(H3,13,14)(H,15,17). The maximum atomic E-state index is 11.4. The van der Waals surface area contributed by atoms with Crippen LogP contribution in [0.4, 0.5) is 0 Å². The van der Waals surface area contributed by atoms with E-state index in [9.17, 15) is 9.59 Å². The highest BCUT2D eigenvalue weighted by atomic mass is 16.2. The fourth-order valence-corrected chi connectivity index (χ4v) is 1.33. The summed E-state index contributed by atoms with van der Waals surface area (Å²) < 4.78 is 0. The molecule has 0 fully saturated rings. The average Bonchev–Trinajstić information content (AvgIpc) is 2.30. The van der Waals surface area contributed by atoms with Gasteiger partial charge in [0, 0.05) is 18.5 Å². The quantitative estimate of drug-likeness (QED) is 0.385. The molecule has 0 radical (unpaired) electrons. The van der Waals surface area contributed by atoms with E-state index in [1.165, 1.54) is 0 Å². The maximum Gasteiger partial charge on any atom is 0.287 e. The number of carbonyl (C=O) groups excluding carboxylic acids is 2. The lowest BCUT2D eigenvalue weighted by Crippen LogP contribution is -2.31. The number of carbonyl (C=O) groups is 2. The Labute approximate surface area is 99.5 Å². The van der Waals surface area contributed by atoms with E-state index >= 15 is 0 Å². The van der Waals surface area contributed by atoms with Crippen molar-refractivity contribution in [2.24, 2.45) is 5.73 Å². The Morgan fingerprint density at radius 1 is 1.29 bits per heavy atom. The molecule has 17 heavy (non-hydrogen) atoms. The van der Waals surface area contributed by atoms with Crippen LogP contribution in [0.2, 0.25) is 0 Å². The van der Waals surface area contributed by atoms with Crippen LogP contribution in [0.1, 0.15) is 18.1 Å². The molecule has 5 nitrogen and oxygen atoms in total. The van der Waals surface area contributed by atoms with Crippen LogP contribution < -0.4 is 11.1 Å². The largest absolute Gasteiger partial charge is 0.384 e. The van der Waals surface area contributed by atoms with Gasteiger partial charge >= 0.3 is 0 Å². The molecule has 0 atom stereocenters. The Balaban J connectivity index is 2.66. The van der Waals surface area contributed by atoms with Gasteiger partial charge in [-0.05, 0) is 12.5 Å². The lowest BCUT2D eigenvalue weighted by molar-refractivity contribution is -0.137. The zero-order valence-corrected chi connectivity index (χ0v) is 9.62. The predicted octanol–water partition coefficient (Wildman–Crippen LogP) is 0.218. The van der Waals surface area contributed by atoms with Gasteiger partial charge in [0.1, 0.15) is 5.84 Å². The number of likely N-dealkylation sites (N-methyl/N-ethyl adjacent to an activating group) is 1. The summed E-state index contributed by atoms with van der Waals surface area (Å²) in [5.41, 5.74) is 6.63. The molecule has 4 N–H and O–H groups in total. The first-order valence-corrected chi connectivity index (χ1v) is 5.29. The summed E-state index contributed by atoms with van der Waals surface area (Å²) in [4.78, 5) is 22.6. The van der Waals surface area contributed by atoms with Gasteiger partial charge in [-0.3, -0.25) is 15.0 Å². The van der Waals surface area contributed by atoms with E-state index in [0.29, 0.717) is 12.1 Å². The molecule has 0 saturated heterocycles. The van der Waals surface area contributed by atoms with Crippen molar-refractivity contribution in [2.45, 2.75) is 13.3 Å². The third kappa shape index (κ3) is 3.71. The van der Waals surface area contributed by atoms with Crippen LogP contribution in [0.5, 0.6) is 0 Å². The lowest BCUT2D eigenvalue weighted by atomic mass is 10.1. The van der Waals surface area contributed by atoms with Gasteiger partial charge in [0.25, 0.3) is 5.91 Å². The van der Waals surface area contributed by atoms with Crippen LogP contribution in [-0.4, -0.2) is 24.1 Å². The van der Waals surface area contributed by atoms with Gasteiger partial charge in [0.15, 0.2) is 0 Å². The first kappa shape index (κ1) is 12.9. The van der Waals surface area contributed by atoms with Crippen molar-refractivity contribution in [3.05, 3.63) is 35.4 Å². The molecule has 0 aliphatic carbocycles. The van der Waals surface area contributed by atoms with E-state index in [2.05, 4.69) is 5.32 Å². The number of ketones is 1. The van der Waals surface area contributed by atoms with E-state index in [4.69, 9.17) is 11.1 Å². The molecule has 0 bridgehead atoms. The van der Waals surface area contributed by atoms with Crippen molar-refractivity contribution in [3.63, 3.8) is 0 Å². The Morgan fingerprint density at radius 2 is 1.88 bits per heavy atom. The monoisotopic (exact) mass is 233 g/mol. The highest BCUT2D eigenvalue weighted by molar-refractivity contribution is 6.36. The van der Waals surface area contributed by atoms with Gasteiger partial charge in [-0.1, -0.05) is 24.3 Å². The first-order valence-electron chi connectivity index (χ1n) is 5.29. The molecule has 0 unspecified atom stereocenters. The second kappa shape index (κ2) is 5.79. The summed E-state index contributed by atoms with van der Waals surface area (Å²) in [5, 5.41) is 9.67. The van der Waals surface area contributed by atoms with Crippen LogP contribution in [0.15, 0.2) is 24.3 Å². The van der Waals surface area contributed by atoms with Gasteiger partial charge in [-0.2, -0.15) is 0 Å². The van der Waals surface area contributed by atoms with Gasteiger partial charge < -0.3 is 11.1 Å². The number of nitrogens with two attached hydrogens (primary N) is 1. The third-order valence-corrected chi connectivity index (χ3v) is 2.22. The number of nitrogen functional groups attached to an aromatic ring is 1. The molecule has 1 amide bonds. The molecule has 90 valence electrons. The molecule has 0 heterocycles. The van der Waals surface area contributed by atoms with E-state index in [0.717, 1.165) is 5.56 Å². The second-order valence-electron chi connectivity index (χ2n) is 3.57. The van der Waals surface area contributed by atoms with Crippen molar-refractivity contribution < 1.29 is 9.59 Å². The molecule has 0 aromatic heterocycles. The minimum atomic E-state index is -0.567. The van der Waals surface area contributed by atoms with Crippen molar-refractivity contribution in [2.75, 3.05) is 6.54 Å². The molecule has 1 aromatic carbocycles. The molecule has 0 spiro atoms. The number of Topliss-reactive ketones (excluding diaryl/α,β-unsaturated/α-hetero) is 1. The Bertz CT molecular complexity index is 438. The predicted molar refractivity (Wildman–Crippen MR) is 64.9 cm³/mol. The summed E-state index contributed by atoms with van der Waals surface area (Å²) in [5.74, 6) is -1.06. The lowest BCUT2D eigenvalue weighted by Gasteiger charge is -2.03. The molecule has 0 aliphatic heterocycles. The minimum Gasteiger partial charge on any atom is -0.384 e. The topological polar surface area (TPSA) is 96.0 Å². The van der Waals surface area contributed by atoms with Crippen LogP contribution in [0.25, 0.3) is 0 Å². The molecular weight excluding hydrogens is 218 g/mol. The summed E-state index contributed by atoms with van der Waals surface area (Å²) in [7, 11) is 0. The highest BCUT2D eigenvalue weighted by Gasteiger charge is 2.12. The Kier molecular flexibility index (Phi) is 4.39. The molecular formula is C12H15N3O2. The number of hydrogen-bond acceptors (Lipinski definition) is 3. The minimum absolute atomic E-state index is 0.0217. The SMILES string of the molecule is CCNC(=O)C(=O)Cc1ccc(C(=N)N)cc1. The van der Waals surface area contributed by atoms with Crippen LogP contribution in [0, 0.1) is 5.41 Å². The molecule has 5 heteroatoms. The number of amidine groups is 1. The molecule has 0 saturated carbocycles. The number of amides is 1. The normalized spacial score (nSPS) is 9.71. The van der Waals surface area contributed by atoms with Gasteiger partial charge in [0.05, 0.1) is 0 Å². The maximum absolute atomic E-state index is 11.4. The van der Waals surface area contributed by atoms with Crippen LogP contribution in [0.3, 0.4) is 0 Å². The van der Waals surface area contributed by atoms with E-state index in [1.54, 1.807) is 31.2 Å². The smallest absolute Gasteiger partial charge is 0.287 e. The Morgan fingerprint density at radius 3 is 2.35 bits per heavy atom. The summed E-state index contributed by atoms with van der Waals surface area (Å²) >= 11 is 0. The van der Waals surface area contributed by atoms with Crippen LogP contribution in [-0.2, 0) is 16.0 Å². The van der Waals surface area contributed by atoms with E-state index in [-0.39, 0.29) is 12.3 Å². The third-order valence-electron chi connectivity index (χ3n) is 2.22. The van der Waals surface area contributed by atoms with Gasteiger partial charge in [0.2, 0.25) is 5.78 Å². The fraction of sp³-hybridized carbons (Fsp3) is 0.250. The van der Waals surface area contributed by atoms with E-state index in [1.807, 2.05) is 0 Å². The number of nitrogens with one attached hydrogen (secondary N) is 2. The number of hydrogen-bond donors (Lipinski definition) is 3. The van der Waals surface area contributed by atoms with Crippen LogP contribution >= 0.6 is 0 Å². The van der Waals surface area contributed by atoms with Gasteiger partial charge in [-0.15, -0.1) is 0 Å². The van der Waals surface area contributed by atoms with Gasteiger partial charge in [-0.25, -0.2) is 0 Å². The zero-order chi connectivity index (χ0) is 12.8. The van der Waals surface area contributed by atoms with Crippen molar-refractivity contribution in [1.82, 2.24) is 5.32 Å². The molecule has 1 aromatic rings. The van der Waals surface area contributed by atoms with Crippen molar-refractivity contribution >= 4 is 17.5 Å². The first-order chi connectivity index (χ1) is 8.04.